The van der Waals surface area contributed by atoms with Crippen molar-refractivity contribution in [2.24, 2.45) is 5.92 Å². The fourth-order valence-electron chi connectivity index (χ4n) is 1.96. The molecule has 2 atom stereocenters. The topological polar surface area (TPSA) is 12.0 Å². The van der Waals surface area contributed by atoms with Gasteiger partial charge in [-0.05, 0) is 36.7 Å². The van der Waals surface area contributed by atoms with E-state index in [1.165, 1.54) is 16.2 Å². The summed E-state index contributed by atoms with van der Waals surface area (Å²) in [5.41, 5.74) is 1.35. The lowest BCUT2D eigenvalue weighted by Crippen LogP contribution is -2.28. The average molecular weight is 228 g/mol. The zero-order chi connectivity index (χ0) is 10.1. The lowest BCUT2D eigenvalue weighted by atomic mass is 9.95. The molecule has 1 aromatic carbocycles. The highest BCUT2D eigenvalue weighted by Gasteiger charge is 2.25. The first-order valence-electron chi connectivity index (χ1n) is 4.82. The normalized spacial score (nSPS) is 25.9. The highest BCUT2D eigenvalue weighted by molar-refractivity contribution is 7.99. The predicted octanol–water partition coefficient (Wildman–Crippen LogP) is 3.34. The second kappa shape index (κ2) is 4.13. The molecule has 0 aromatic heterocycles. The summed E-state index contributed by atoms with van der Waals surface area (Å²) in [6, 6.07) is 6.62. The fourth-order valence-corrected chi connectivity index (χ4v) is 3.29. The van der Waals surface area contributed by atoms with E-state index in [9.17, 15) is 0 Å². The summed E-state index contributed by atoms with van der Waals surface area (Å²) in [5, 5.41) is 4.20. The van der Waals surface area contributed by atoms with Crippen molar-refractivity contribution in [3.8, 4) is 0 Å². The number of hydrogen-bond acceptors (Lipinski definition) is 2. The number of hydrogen-bond donors (Lipinski definition) is 1. The molecule has 0 saturated heterocycles. The van der Waals surface area contributed by atoms with Crippen molar-refractivity contribution in [2.45, 2.75) is 17.9 Å². The second-order valence-electron chi connectivity index (χ2n) is 3.74. The Bertz CT molecular complexity index is 340. The number of nitrogens with one attached hydrogen (secondary N) is 1. The van der Waals surface area contributed by atoms with Crippen molar-refractivity contribution in [3.63, 3.8) is 0 Å². The molecule has 0 fully saturated rings. The number of benzene rings is 1. The van der Waals surface area contributed by atoms with Gasteiger partial charge in [-0.15, -0.1) is 11.8 Å². The molecule has 1 N–H and O–H groups in total. The van der Waals surface area contributed by atoms with E-state index in [1.807, 2.05) is 24.9 Å². The van der Waals surface area contributed by atoms with Gasteiger partial charge in [-0.1, -0.05) is 18.5 Å². The van der Waals surface area contributed by atoms with Crippen LogP contribution in [0.25, 0.3) is 0 Å². The molecule has 1 aliphatic heterocycles. The Kier molecular flexibility index (Phi) is 3.05. The van der Waals surface area contributed by atoms with Crippen LogP contribution in [-0.4, -0.2) is 12.8 Å². The van der Waals surface area contributed by atoms with Crippen LogP contribution < -0.4 is 5.32 Å². The summed E-state index contributed by atoms with van der Waals surface area (Å²) >= 11 is 7.94. The summed E-state index contributed by atoms with van der Waals surface area (Å²) in [5.74, 6) is 1.84. The Balaban J connectivity index is 2.43. The van der Waals surface area contributed by atoms with Crippen molar-refractivity contribution in [3.05, 3.63) is 28.8 Å². The molecule has 2 unspecified atom stereocenters. The first kappa shape index (κ1) is 10.3. The minimum absolute atomic E-state index is 0.449. The first-order chi connectivity index (χ1) is 6.72. The molecular weight excluding hydrogens is 214 g/mol. The lowest BCUT2D eigenvalue weighted by molar-refractivity contribution is 0.437. The van der Waals surface area contributed by atoms with E-state index in [1.54, 1.807) is 0 Å². The van der Waals surface area contributed by atoms with E-state index < -0.39 is 0 Å². The Morgan fingerprint density at radius 2 is 2.29 bits per heavy atom. The van der Waals surface area contributed by atoms with Gasteiger partial charge in [-0.2, -0.15) is 0 Å². The maximum Gasteiger partial charge on any atom is 0.0410 e. The van der Waals surface area contributed by atoms with E-state index in [4.69, 9.17) is 11.6 Å². The number of halogens is 1. The number of thioether (sulfide) groups is 1. The van der Waals surface area contributed by atoms with Gasteiger partial charge in [0.2, 0.25) is 0 Å². The van der Waals surface area contributed by atoms with Gasteiger partial charge in [-0.25, -0.2) is 0 Å². The Labute approximate surface area is 94.2 Å². The molecule has 1 aliphatic rings. The molecule has 1 nitrogen and oxygen atoms in total. The zero-order valence-corrected chi connectivity index (χ0v) is 9.95. The highest BCUT2D eigenvalue weighted by atomic mass is 35.5. The highest BCUT2D eigenvalue weighted by Crippen LogP contribution is 2.40. The Hall–Kier alpha value is -0.180. The van der Waals surface area contributed by atoms with E-state index >= 15 is 0 Å². The van der Waals surface area contributed by atoms with Crippen LogP contribution in [0.3, 0.4) is 0 Å². The Morgan fingerprint density at radius 3 is 3.00 bits per heavy atom. The molecule has 0 radical (unpaired) electrons. The van der Waals surface area contributed by atoms with Gasteiger partial charge < -0.3 is 5.32 Å². The quantitative estimate of drug-likeness (QED) is 0.790. The van der Waals surface area contributed by atoms with E-state index in [0.717, 1.165) is 5.02 Å². The summed E-state index contributed by atoms with van der Waals surface area (Å²) in [6.45, 7) is 2.28. The minimum Gasteiger partial charge on any atom is -0.313 e. The fraction of sp³-hybridized carbons (Fsp3) is 0.455. The summed E-state index contributed by atoms with van der Waals surface area (Å²) in [6.07, 6.45) is 0. The molecule has 1 heterocycles. The molecule has 0 saturated carbocycles. The van der Waals surface area contributed by atoms with Crippen molar-refractivity contribution in [1.29, 1.82) is 0 Å². The average Bonchev–Trinajstić information content (AvgIpc) is 2.17. The first-order valence-corrected chi connectivity index (χ1v) is 6.18. The van der Waals surface area contributed by atoms with Crippen molar-refractivity contribution in [1.82, 2.24) is 5.32 Å². The van der Waals surface area contributed by atoms with Crippen LogP contribution in [0.5, 0.6) is 0 Å². The maximum atomic E-state index is 6.01. The van der Waals surface area contributed by atoms with Crippen molar-refractivity contribution < 1.29 is 0 Å². The molecule has 76 valence electrons. The number of fused-ring (bicyclic) bond motifs is 1. The molecule has 0 bridgehead atoms. The molecule has 1 aromatic rings. The van der Waals surface area contributed by atoms with Gasteiger partial charge in [-0.3, -0.25) is 0 Å². The predicted molar refractivity (Wildman–Crippen MR) is 63.1 cm³/mol. The molecule has 0 aliphatic carbocycles. The van der Waals surface area contributed by atoms with E-state index in [2.05, 4.69) is 24.4 Å². The largest absolute Gasteiger partial charge is 0.313 e. The summed E-state index contributed by atoms with van der Waals surface area (Å²) in [7, 11) is 2.02. The van der Waals surface area contributed by atoms with Crippen LogP contribution in [-0.2, 0) is 0 Å². The van der Waals surface area contributed by atoms with Gasteiger partial charge in [0.25, 0.3) is 0 Å². The van der Waals surface area contributed by atoms with Gasteiger partial charge in [0.1, 0.15) is 0 Å². The molecule has 0 amide bonds. The van der Waals surface area contributed by atoms with Crippen LogP contribution in [0.4, 0.5) is 0 Å². The standard InChI is InChI=1S/C11H14ClNS/c1-7-6-14-10-4-3-8(12)5-9(10)11(7)13-2/h3-5,7,11,13H,6H2,1-2H3. The van der Waals surface area contributed by atoms with Gasteiger partial charge >= 0.3 is 0 Å². The summed E-state index contributed by atoms with van der Waals surface area (Å²) < 4.78 is 0. The van der Waals surface area contributed by atoms with Crippen LogP contribution >= 0.6 is 23.4 Å². The van der Waals surface area contributed by atoms with Gasteiger partial charge in [0, 0.05) is 21.7 Å². The third kappa shape index (κ3) is 1.79. The van der Waals surface area contributed by atoms with Crippen molar-refractivity contribution >= 4 is 23.4 Å². The van der Waals surface area contributed by atoms with Gasteiger partial charge in [0.15, 0.2) is 0 Å². The number of rotatable bonds is 1. The summed E-state index contributed by atoms with van der Waals surface area (Å²) in [4.78, 5) is 1.37. The molecule has 0 spiro atoms. The molecule has 3 heteroatoms. The third-order valence-electron chi connectivity index (χ3n) is 2.69. The monoisotopic (exact) mass is 227 g/mol. The van der Waals surface area contributed by atoms with E-state index in [0.29, 0.717) is 12.0 Å². The second-order valence-corrected chi connectivity index (χ2v) is 5.24. The smallest absolute Gasteiger partial charge is 0.0410 e. The van der Waals surface area contributed by atoms with Gasteiger partial charge in [0.05, 0.1) is 0 Å². The van der Waals surface area contributed by atoms with Crippen molar-refractivity contribution in [2.75, 3.05) is 12.8 Å². The van der Waals surface area contributed by atoms with E-state index in [-0.39, 0.29) is 0 Å². The van der Waals surface area contributed by atoms with Crippen LogP contribution in [0.1, 0.15) is 18.5 Å². The molecule has 2 rings (SSSR count). The lowest BCUT2D eigenvalue weighted by Gasteiger charge is -2.30. The molecule has 14 heavy (non-hydrogen) atoms. The minimum atomic E-state index is 0.449. The van der Waals surface area contributed by atoms with Crippen LogP contribution in [0.15, 0.2) is 23.1 Å². The zero-order valence-electron chi connectivity index (χ0n) is 8.38. The SMILES string of the molecule is CNC1c2cc(Cl)ccc2SCC1C. The van der Waals surface area contributed by atoms with Crippen LogP contribution in [0.2, 0.25) is 5.02 Å². The molecular formula is C11H14ClNS. The Morgan fingerprint density at radius 1 is 1.50 bits per heavy atom. The maximum absolute atomic E-state index is 6.01. The third-order valence-corrected chi connectivity index (χ3v) is 4.30. The van der Waals surface area contributed by atoms with Crippen LogP contribution in [0, 0.1) is 5.92 Å².